The SMILES string of the molecule is Cn1cc(S(=O)(=O)N2CCCC[C@H]2CNC(=O)Nc2ccccc2)c(=O)n(C)c1=O. The van der Waals surface area contributed by atoms with Gasteiger partial charge in [-0.15, -0.1) is 0 Å². The van der Waals surface area contributed by atoms with Gasteiger partial charge >= 0.3 is 11.7 Å². The van der Waals surface area contributed by atoms with E-state index in [2.05, 4.69) is 10.6 Å². The minimum absolute atomic E-state index is 0.101. The number of carbonyl (C=O) groups excluding carboxylic acids is 1. The standard InChI is InChI=1S/C19H25N5O5S/c1-22-13-16(17(25)23(2)19(22)27)30(28,29)24-11-7-6-10-15(24)12-20-18(26)21-14-8-4-3-5-9-14/h3-5,8-9,13,15H,6-7,10-12H2,1-2H3,(H2,20,21,26)/t15-/m0/s1. The third-order valence-electron chi connectivity index (χ3n) is 5.10. The monoisotopic (exact) mass is 435 g/mol. The molecule has 2 amide bonds. The summed E-state index contributed by atoms with van der Waals surface area (Å²) in [5.74, 6) is 0. The Kier molecular flexibility index (Phi) is 6.42. The minimum Gasteiger partial charge on any atom is -0.336 e. The number of aryl methyl sites for hydroxylation is 1. The number of amides is 2. The van der Waals surface area contributed by atoms with E-state index in [1.807, 2.05) is 6.07 Å². The molecule has 1 atom stereocenters. The molecule has 11 heteroatoms. The zero-order valence-electron chi connectivity index (χ0n) is 16.9. The molecule has 2 N–H and O–H groups in total. The van der Waals surface area contributed by atoms with Gasteiger partial charge in [0.1, 0.15) is 0 Å². The summed E-state index contributed by atoms with van der Waals surface area (Å²) in [5.41, 5.74) is -0.845. The molecule has 0 saturated carbocycles. The van der Waals surface area contributed by atoms with Crippen molar-refractivity contribution >= 4 is 21.7 Å². The van der Waals surface area contributed by atoms with Crippen molar-refractivity contribution in [1.29, 1.82) is 0 Å². The molecule has 1 aliphatic rings. The molecule has 162 valence electrons. The van der Waals surface area contributed by atoms with E-state index >= 15 is 0 Å². The molecule has 1 aromatic carbocycles. The quantitative estimate of drug-likeness (QED) is 0.706. The van der Waals surface area contributed by atoms with E-state index in [0.29, 0.717) is 18.5 Å². The highest BCUT2D eigenvalue weighted by molar-refractivity contribution is 7.89. The summed E-state index contributed by atoms with van der Waals surface area (Å²) >= 11 is 0. The molecule has 0 spiro atoms. The van der Waals surface area contributed by atoms with Gasteiger partial charge in [-0.3, -0.25) is 9.36 Å². The number of piperidine rings is 1. The maximum Gasteiger partial charge on any atom is 0.330 e. The topological polar surface area (TPSA) is 123 Å². The molecule has 1 fully saturated rings. The average molecular weight is 436 g/mol. The summed E-state index contributed by atoms with van der Waals surface area (Å²) in [6.07, 6.45) is 3.07. The number of hydrogen-bond donors (Lipinski definition) is 2. The first-order valence-corrected chi connectivity index (χ1v) is 11.0. The molecule has 2 heterocycles. The first-order chi connectivity index (χ1) is 14.2. The van der Waals surface area contributed by atoms with E-state index in [0.717, 1.165) is 21.8 Å². The predicted octanol–water partition coefficient (Wildman–Crippen LogP) is 0.449. The van der Waals surface area contributed by atoms with Gasteiger partial charge in [0, 0.05) is 45.1 Å². The van der Waals surface area contributed by atoms with Crippen molar-refractivity contribution in [2.45, 2.75) is 30.2 Å². The Balaban J connectivity index is 1.79. The van der Waals surface area contributed by atoms with Gasteiger partial charge in [0.05, 0.1) is 0 Å². The molecule has 0 bridgehead atoms. The third kappa shape index (κ3) is 4.46. The second kappa shape index (κ2) is 8.84. The van der Waals surface area contributed by atoms with E-state index in [1.54, 1.807) is 24.3 Å². The van der Waals surface area contributed by atoms with Gasteiger partial charge < -0.3 is 15.2 Å². The van der Waals surface area contributed by atoms with Gasteiger partial charge in [-0.25, -0.2) is 18.0 Å². The van der Waals surface area contributed by atoms with Crippen molar-refractivity contribution in [3.63, 3.8) is 0 Å². The molecule has 3 rings (SSSR count). The lowest BCUT2D eigenvalue weighted by Crippen LogP contribution is -2.51. The van der Waals surface area contributed by atoms with Gasteiger partial charge in [0.15, 0.2) is 4.90 Å². The predicted molar refractivity (Wildman–Crippen MR) is 112 cm³/mol. The summed E-state index contributed by atoms with van der Waals surface area (Å²) in [6, 6.07) is 7.96. The second-order valence-electron chi connectivity index (χ2n) is 7.22. The summed E-state index contributed by atoms with van der Waals surface area (Å²) in [6.45, 7) is 0.338. The zero-order chi connectivity index (χ0) is 21.9. The van der Waals surface area contributed by atoms with Crippen LogP contribution < -0.4 is 21.9 Å². The number of nitrogens with zero attached hydrogens (tertiary/aromatic N) is 3. The minimum atomic E-state index is -4.14. The van der Waals surface area contributed by atoms with Crippen LogP contribution in [0.5, 0.6) is 0 Å². The van der Waals surface area contributed by atoms with Gasteiger partial charge in [0.2, 0.25) is 10.0 Å². The smallest absolute Gasteiger partial charge is 0.330 e. The molecule has 1 aliphatic heterocycles. The number of hydrogen-bond acceptors (Lipinski definition) is 5. The number of benzene rings is 1. The average Bonchev–Trinajstić information content (AvgIpc) is 2.74. The molecule has 1 aromatic heterocycles. The number of sulfonamides is 1. The van der Waals surface area contributed by atoms with E-state index in [4.69, 9.17) is 0 Å². The van der Waals surface area contributed by atoms with Crippen LogP contribution in [0.25, 0.3) is 0 Å². The molecule has 0 unspecified atom stereocenters. The third-order valence-corrected chi connectivity index (χ3v) is 7.04. The molecule has 0 radical (unpaired) electrons. The van der Waals surface area contributed by atoms with Crippen LogP contribution in [0.3, 0.4) is 0 Å². The maximum atomic E-state index is 13.2. The Bertz CT molecular complexity index is 1140. The van der Waals surface area contributed by atoms with Crippen molar-refractivity contribution in [2.24, 2.45) is 14.1 Å². The lowest BCUT2D eigenvalue weighted by Gasteiger charge is -2.34. The van der Waals surface area contributed by atoms with Crippen molar-refractivity contribution in [3.8, 4) is 0 Å². The largest absolute Gasteiger partial charge is 0.336 e. The highest BCUT2D eigenvalue weighted by atomic mass is 32.2. The summed E-state index contributed by atoms with van der Waals surface area (Å²) < 4.78 is 29.6. The van der Waals surface area contributed by atoms with Crippen LogP contribution in [0.15, 0.2) is 51.0 Å². The fraction of sp³-hybridized carbons (Fsp3) is 0.421. The van der Waals surface area contributed by atoms with Crippen LogP contribution in [0.1, 0.15) is 19.3 Å². The van der Waals surface area contributed by atoms with Crippen LogP contribution in [-0.2, 0) is 24.1 Å². The lowest BCUT2D eigenvalue weighted by molar-refractivity contribution is 0.231. The van der Waals surface area contributed by atoms with Crippen LogP contribution in [0, 0.1) is 0 Å². The lowest BCUT2D eigenvalue weighted by atomic mass is 10.1. The zero-order valence-corrected chi connectivity index (χ0v) is 17.7. The molecule has 0 aliphatic carbocycles. The number of nitrogens with one attached hydrogen (secondary N) is 2. The molecular weight excluding hydrogens is 410 g/mol. The summed E-state index contributed by atoms with van der Waals surface area (Å²) in [7, 11) is -1.51. The first-order valence-electron chi connectivity index (χ1n) is 9.60. The molecule has 10 nitrogen and oxygen atoms in total. The number of carbonyl (C=O) groups is 1. The van der Waals surface area contributed by atoms with Crippen molar-refractivity contribution in [1.82, 2.24) is 18.8 Å². The Hall–Kier alpha value is -2.92. The Morgan fingerprint density at radius 1 is 1.13 bits per heavy atom. The van der Waals surface area contributed by atoms with Crippen molar-refractivity contribution < 1.29 is 13.2 Å². The van der Waals surface area contributed by atoms with Crippen LogP contribution >= 0.6 is 0 Å². The number of urea groups is 1. The van der Waals surface area contributed by atoms with Crippen LogP contribution in [0.2, 0.25) is 0 Å². The molecular formula is C19H25N5O5S. The Labute approximate surface area is 174 Å². The highest BCUT2D eigenvalue weighted by Crippen LogP contribution is 2.23. The van der Waals surface area contributed by atoms with Gasteiger partial charge in [-0.2, -0.15) is 4.31 Å². The number of rotatable bonds is 5. The summed E-state index contributed by atoms with van der Waals surface area (Å²) in [4.78, 5) is 36.1. The molecule has 1 saturated heterocycles. The van der Waals surface area contributed by atoms with E-state index < -0.39 is 38.2 Å². The fourth-order valence-corrected chi connectivity index (χ4v) is 5.32. The van der Waals surface area contributed by atoms with E-state index in [9.17, 15) is 22.8 Å². The fourth-order valence-electron chi connectivity index (χ4n) is 3.48. The van der Waals surface area contributed by atoms with E-state index in [1.165, 1.54) is 18.4 Å². The maximum absolute atomic E-state index is 13.2. The van der Waals surface area contributed by atoms with Gasteiger partial charge in [-0.1, -0.05) is 24.6 Å². The van der Waals surface area contributed by atoms with Gasteiger partial charge in [0.25, 0.3) is 5.56 Å². The normalized spacial score (nSPS) is 17.5. The molecule has 2 aromatic rings. The number of aromatic nitrogens is 2. The second-order valence-corrected chi connectivity index (χ2v) is 9.08. The van der Waals surface area contributed by atoms with Crippen LogP contribution in [0.4, 0.5) is 10.5 Å². The number of anilines is 1. The Morgan fingerprint density at radius 3 is 2.53 bits per heavy atom. The first kappa shape index (κ1) is 21.8. The van der Waals surface area contributed by atoms with Crippen LogP contribution in [-0.4, -0.2) is 47.0 Å². The van der Waals surface area contributed by atoms with Crippen molar-refractivity contribution in [3.05, 3.63) is 57.4 Å². The Morgan fingerprint density at radius 2 is 1.83 bits per heavy atom. The van der Waals surface area contributed by atoms with E-state index in [-0.39, 0.29) is 13.1 Å². The van der Waals surface area contributed by atoms with Crippen molar-refractivity contribution in [2.75, 3.05) is 18.4 Å². The highest BCUT2D eigenvalue weighted by Gasteiger charge is 2.36. The number of para-hydroxylation sites is 1. The summed E-state index contributed by atoms with van der Waals surface area (Å²) in [5, 5.41) is 5.39. The van der Waals surface area contributed by atoms with Gasteiger partial charge in [-0.05, 0) is 25.0 Å². The molecule has 30 heavy (non-hydrogen) atoms.